The van der Waals surface area contributed by atoms with E-state index in [0.29, 0.717) is 0 Å². The van der Waals surface area contributed by atoms with Gasteiger partial charge < -0.3 is 0 Å². The molecule has 0 atom stereocenters. The second kappa shape index (κ2) is 2.98. The van der Waals surface area contributed by atoms with Gasteiger partial charge in [-0.05, 0) is 29.6 Å². The van der Waals surface area contributed by atoms with Gasteiger partial charge in [-0.2, -0.15) is 0 Å². The third-order valence-electron chi connectivity index (χ3n) is 2.40. The lowest BCUT2D eigenvalue weighted by Crippen LogP contribution is -2.00. The fourth-order valence-corrected chi connectivity index (χ4v) is 1.59. The van der Waals surface area contributed by atoms with Crippen LogP contribution >= 0.6 is 0 Å². The molecule has 0 nitrogen and oxygen atoms in total. The van der Waals surface area contributed by atoms with Crippen molar-refractivity contribution < 1.29 is 0 Å². The van der Waals surface area contributed by atoms with E-state index in [1.165, 1.54) is 29.6 Å². The topological polar surface area (TPSA) is 0 Å². The molecular weight excluding hydrogens is 144 g/mol. The van der Waals surface area contributed by atoms with Gasteiger partial charge in [0.2, 0.25) is 0 Å². The minimum absolute atomic E-state index is 1.20. The predicted octanol–water partition coefficient (Wildman–Crippen LogP) is 3.42. The highest BCUT2D eigenvalue weighted by atomic mass is 14.2. The van der Waals surface area contributed by atoms with Crippen LogP contribution in [-0.2, 0) is 0 Å². The smallest absolute Gasteiger partial charge is 0.0222 e. The Balaban J connectivity index is 2.39. The molecule has 12 heavy (non-hydrogen) atoms. The summed E-state index contributed by atoms with van der Waals surface area (Å²) in [7, 11) is 0. The first kappa shape index (κ1) is 7.35. The van der Waals surface area contributed by atoms with E-state index in [0.717, 1.165) is 0 Å². The van der Waals surface area contributed by atoms with Crippen LogP contribution in [0.3, 0.4) is 0 Å². The van der Waals surface area contributed by atoms with Crippen LogP contribution in [0.2, 0.25) is 0 Å². The summed E-state index contributed by atoms with van der Waals surface area (Å²) in [5.74, 6) is 0. The molecule has 0 amide bonds. The molecule has 1 aliphatic rings. The van der Waals surface area contributed by atoms with Gasteiger partial charge in [-0.1, -0.05) is 43.0 Å². The average Bonchev–Trinajstić information content (AvgIpc) is 2.05. The molecule has 60 valence electrons. The fraction of sp³-hybridized carbons (Fsp3) is 0.167. The maximum atomic E-state index is 3.80. The van der Waals surface area contributed by atoms with Crippen LogP contribution in [-0.4, -0.2) is 0 Å². The maximum Gasteiger partial charge on any atom is -0.0222 e. The first-order valence-corrected chi connectivity index (χ1v) is 4.31. The summed E-state index contributed by atoms with van der Waals surface area (Å²) in [5, 5.41) is 0. The number of allylic oxidation sites excluding steroid dienone is 3. The van der Waals surface area contributed by atoms with Gasteiger partial charge in [-0.3, -0.25) is 0 Å². The molecule has 0 heterocycles. The summed E-state index contributed by atoms with van der Waals surface area (Å²) in [4.78, 5) is 0. The molecule has 0 heteroatoms. The van der Waals surface area contributed by atoms with Gasteiger partial charge in [0.25, 0.3) is 0 Å². The molecule has 0 spiro atoms. The fourth-order valence-electron chi connectivity index (χ4n) is 1.59. The van der Waals surface area contributed by atoms with Crippen LogP contribution in [0.4, 0.5) is 0 Å². The largest absolute Gasteiger partial charge is 0.0988 e. The Morgan fingerprint density at radius 2 is 1.83 bits per heavy atom. The van der Waals surface area contributed by atoms with Crippen molar-refractivity contribution in [2.75, 3.05) is 0 Å². The SMILES string of the molecule is C=CC1=C(c2ccccc2)CC1. The van der Waals surface area contributed by atoms with Gasteiger partial charge in [0.15, 0.2) is 0 Å². The molecule has 0 aromatic heterocycles. The first-order valence-electron chi connectivity index (χ1n) is 4.31. The molecule has 1 aromatic carbocycles. The second-order valence-corrected chi connectivity index (χ2v) is 3.07. The molecule has 0 radical (unpaired) electrons. The average molecular weight is 156 g/mol. The lowest BCUT2D eigenvalue weighted by molar-refractivity contribution is 0.935. The molecule has 0 N–H and O–H groups in total. The van der Waals surface area contributed by atoms with Crippen molar-refractivity contribution in [2.45, 2.75) is 12.8 Å². The zero-order valence-electron chi connectivity index (χ0n) is 7.09. The molecule has 0 fully saturated rings. The van der Waals surface area contributed by atoms with E-state index in [4.69, 9.17) is 0 Å². The van der Waals surface area contributed by atoms with Gasteiger partial charge in [0.05, 0.1) is 0 Å². The lowest BCUT2D eigenvalue weighted by Gasteiger charge is -2.21. The van der Waals surface area contributed by atoms with Gasteiger partial charge in [0, 0.05) is 0 Å². The standard InChI is InChI=1S/C12H12/c1-2-10-8-9-12(10)11-6-4-3-5-7-11/h2-7H,1,8-9H2. The highest BCUT2D eigenvalue weighted by Crippen LogP contribution is 2.36. The summed E-state index contributed by atoms with van der Waals surface area (Å²) >= 11 is 0. The predicted molar refractivity (Wildman–Crippen MR) is 52.8 cm³/mol. The van der Waals surface area contributed by atoms with Crippen molar-refractivity contribution in [3.8, 4) is 0 Å². The quantitative estimate of drug-likeness (QED) is 0.615. The third-order valence-corrected chi connectivity index (χ3v) is 2.40. The van der Waals surface area contributed by atoms with Crippen LogP contribution in [0.15, 0.2) is 48.6 Å². The monoisotopic (exact) mass is 156 g/mol. The molecule has 0 unspecified atom stereocenters. The van der Waals surface area contributed by atoms with Crippen LogP contribution in [0.25, 0.3) is 5.57 Å². The molecule has 0 saturated heterocycles. The number of rotatable bonds is 2. The highest BCUT2D eigenvalue weighted by Gasteiger charge is 2.14. The summed E-state index contributed by atoms with van der Waals surface area (Å²) < 4.78 is 0. The van der Waals surface area contributed by atoms with Crippen molar-refractivity contribution in [3.05, 3.63) is 54.1 Å². The normalized spacial score (nSPS) is 15.7. The van der Waals surface area contributed by atoms with E-state index >= 15 is 0 Å². The van der Waals surface area contributed by atoms with E-state index < -0.39 is 0 Å². The minimum atomic E-state index is 1.20. The van der Waals surface area contributed by atoms with Crippen molar-refractivity contribution in [3.63, 3.8) is 0 Å². The van der Waals surface area contributed by atoms with Crippen molar-refractivity contribution in [1.82, 2.24) is 0 Å². The Kier molecular flexibility index (Phi) is 1.83. The highest BCUT2D eigenvalue weighted by molar-refractivity contribution is 5.75. The molecular formula is C12H12. The van der Waals surface area contributed by atoms with Crippen molar-refractivity contribution in [1.29, 1.82) is 0 Å². The Morgan fingerprint density at radius 1 is 1.08 bits per heavy atom. The molecule has 1 aliphatic carbocycles. The van der Waals surface area contributed by atoms with Gasteiger partial charge in [-0.15, -0.1) is 0 Å². The van der Waals surface area contributed by atoms with E-state index in [-0.39, 0.29) is 0 Å². The summed E-state index contributed by atoms with van der Waals surface area (Å²) in [6.07, 6.45) is 4.39. The Morgan fingerprint density at radius 3 is 2.33 bits per heavy atom. The van der Waals surface area contributed by atoms with Crippen LogP contribution < -0.4 is 0 Å². The van der Waals surface area contributed by atoms with E-state index in [1.807, 2.05) is 6.08 Å². The van der Waals surface area contributed by atoms with Gasteiger partial charge in [-0.25, -0.2) is 0 Å². The summed E-state index contributed by atoms with van der Waals surface area (Å²) in [6, 6.07) is 10.6. The molecule has 0 saturated carbocycles. The Hall–Kier alpha value is -1.30. The number of hydrogen-bond acceptors (Lipinski definition) is 0. The zero-order chi connectivity index (χ0) is 8.39. The van der Waals surface area contributed by atoms with E-state index in [2.05, 4.69) is 36.9 Å². The summed E-state index contributed by atoms with van der Waals surface area (Å²) in [6.45, 7) is 3.80. The zero-order valence-corrected chi connectivity index (χ0v) is 7.09. The van der Waals surface area contributed by atoms with Crippen LogP contribution in [0.5, 0.6) is 0 Å². The van der Waals surface area contributed by atoms with E-state index in [1.54, 1.807) is 0 Å². The van der Waals surface area contributed by atoms with E-state index in [9.17, 15) is 0 Å². The Labute approximate surface area is 73.2 Å². The summed E-state index contributed by atoms with van der Waals surface area (Å²) in [5.41, 5.74) is 4.26. The molecule has 0 aliphatic heterocycles. The maximum absolute atomic E-state index is 3.80. The minimum Gasteiger partial charge on any atom is -0.0988 e. The Bertz CT molecular complexity index is 317. The third kappa shape index (κ3) is 1.10. The van der Waals surface area contributed by atoms with Gasteiger partial charge in [0.1, 0.15) is 0 Å². The molecule has 1 aromatic rings. The van der Waals surface area contributed by atoms with Crippen molar-refractivity contribution >= 4 is 5.57 Å². The van der Waals surface area contributed by atoms with Crippen LogP contribution in [0.1, 0.15) is 18.4 Å². The molecule has 0 bridgehead atoms. The van der Waals surface area contributed by atoms with Crippen LogP contribution in [0, 0.1) is 0 Å². The first-order chi connectivity index (χ1) is 5.92. The molecule has 2 rings (SSSR count). The van der Waals surface area contributed by atoms with Gasteiger partial charge >= 0.3 is 0 Å². The second-order valence-electron chi connectivity index (χ2n) is 3.07. The number of benzene rings is 1. The lowest BCUT2D eigenvalue weighted by atomic mass is 9.84. The number of hydrogen-bond donors (Lipinski definition) is 0. The van der Waals surface area contributed by atoms with Crippen molar-refractivity contribution in [2.24, 2.45) is 0 Å².